The van der Waals surface area contributed by atoms with Crippen LogP contribution in [0.25, 0.3) is 10.2 Å². The third kappa shape index (κ3) is 3.65. The largest absolute Gasteiger partial charge is 0.378 e. The van der Waals surface area contributed by atoms with E-state index in [9.17, 15) is 8.78 Å². The number of morpholine rings is 1. The number of aryl methyl sites for hydroxylation is 2. The molecule has 0 saturated carbocycles. The van der Waals surface area contributed by atoms with Gasteiger partial charge in [0.2, 0.25) is 5.28 Å². The van der Waals surface area contributed by atoms with E-state index in [0.29, 0.717) is 31.6 Å². The lowest BCUT2D eigenvalue weighted by molar-refractivity contribution is 0.122. The smallest absolute Gasteiger partial charge is 0.224 e. The monoisotopic (exact) mass is 395 g/mol. The normalized spacial score (nSPS) is 15.0. The van der Waals surface area contributed by atoms with Crippen LogP contribution in [0, 0.1) is 11.6 Å². The van der Waals surface area contributed by atoms with Crippen molar-refractivity contribution in [2.24, 2.45) is 0 Å². The number of aromatic nitrogens is 2. The lowest BCUT2D eigenvalue weighted by Gasteiger charge is -2.28. The Hall–Kier alpha value is -1.83. The molecular weight excluding hydrogens is 380 g/mol. The van der Waals surface area contributed by atoms with Crippen molar-refractivity contribution in [3.63, 3.8) is 0 Å². The lowest BCUT2D eigenvalue weighted by atomic mass is 10.1. The van der Waals surface area contributed by atoms with Crippen molar-refractivity contribution in [1.82, 2.24) is 9.97 Å². The molecular formula is C18H16ClF2N3OS. The Bertz CT molecular complexity index is 944. The fourth-order valence-electron chi connectivity index (χ4n) is 3.03. The molecule has 4 nitrogen and oxygen atoms in total. The summed E-state index contributed by atoms with van der Waals surface area (Å²) in [6, 6.07) is 5.67. The van der Waals surface area contributed by atoms with Crippen LogP contribution in [0.2, 0.25) is 5.28 Å². The zero-order chi connectivity index (χ0) is 18.1. The van der Waals surface area contributed by atoms with Crippen LogP contribution in [0.3, 0.4) is 0 Å². The number of anilines is 1. The van der Waals surface area contributed by atoms with Crippen molar-refractivity contribution in [1.29, 1.82) is 0 Å². The fourth-order valence-corrected chi connectivity index (χ4v) is 4.31. The highest BCUT2D eigenvalue weighted by Gasteiger charge is 2.19. The van der Waals surface area contributed by atoms with Gasteiger partial charge in [-0.3, -0.25) is 0 Å². The molecule has 4 rings (SSSR count). The van der Waals surface area contributed by atoms with Gasteiger partial charge in [0.05, 0.1) is 23.4 Å². The molecule has 1 saturated heterocycles. The number of benzene rings is 1. The summed E-state index contributed by atoms with van der Waals surface area (Å²) in [6.45, 7) is 2.84. The lowest BCUT2D eigenvalue weighted by Crippen LogP contribution is -2.36. The number of ether oxygens (including phenoxy) is 1. The average molecular weight is 396 g/mol. The molecule has 1 fully saturated rings. The van der Waals surface area contributed by atoms with Gasteiger partial charge in [0, 0.05) is 24.0 Å². The Kier molecular flexibility index (Phi) is 5.02. The number of hydrogen-bond acceptors (Lipinski definition) is 5. The van der Waals surface area contributed by atoms with Gasteiger partial charge in [0.25, 0.3) is 0 Å². The van der Waals surface area contributed by atoms with E-state index in [1.54, 1.807) is 11.3 Å². The first-order chi connectivity index (χ1) is 12.6. The summed E-state index contributed by atoms with van der Waals surface area (Å²) in [5.41, 5.74) is 1.30. The molecule has 0 radical (unpaired) electrons. The van der Waals surface area contributed by atoms with Gasteiger partial charge in [0.15, 0.2) is 5.82 Å². The summed E-state index contributed by atoms with van der Waals surface area (Å²) in [6.07, 6.45) is 1.14. The van der Waals surface area contributed by atoms with Crippen molar-refractivity contribution >= 4 is 39.0 Å². The zero-order valence-electron chi connectivity index (χ0n) is 13.8. The molecule has 0 atom stereocenters. The summed E-state index contributed by atoms with van der Waals surface area (Å²) in [4.78, 5) is 11.9. The van der Waals surface area contributed by atoms with E-state index in [1.807, 2.05) is 6.07 Å². The molecule has 8 heteroatoms. The minimum atomic E-state index is -0.562. The van der Waals surface area contributed by atoms with Crippen LogP contribution in [-0.4, -0.2) is 36.3 Å². The van der Waals surface area contributed by atoms with Gasteiger partial charge in [0.1, 0.15) is 11.6 Å². The second-order valence-electron chi connectivity index (χ2n) is 6.08. The molecule has 3 aromatic rings. The van der Waals surface area contributed by atoms with Gasteiger partial charge in [-0.05, 0) is 42.1 Å². The predicted octanol–water partition coefficient (Wildman–Crippen LogP) is 4.24. The Balaban J connectivity index is 1.60. The first-order valence-corrected chi connectivity index (χ1v) is 9.52. The van der Waals surface area contributed by atoms with Gasteiger partial charge in [-0.1, -0.05) is 6.07 Å². The highest BCUT2D eigenvalue weighted by molar-refractivity contribution is 7.19. The van der Waals surface area contributed by atoms with Crippen LogP contribution in [0.1, 0.15) is 10.4 Å². The van der Waals surface area contributed by atoms with Gasteiger partial charge in [-0.25, -0.2) is 13.8 Å². The summed E-state index contributed by atoms with van der Waals surface area (Å²) in [7, 11) is 0. The Labute approximate surface area is 158 Å². The standard InChI is InChI=1S/C18H16ClF2N3OS/c19-18-22-15-10-13(4-2-11-1-3-12(20)9-14(11)21)26-16(15)17(23-18)24-5-7-25-8-6-24/h1,3,9-10H,2,4-8H2. The van der Waals surface area contributed by atoms with Crippen LogP contribution in [0.4, 0.5) is 14.6 Å². The van der Waals surface area contributed by atoms with E-state index < -0.39 is 11.6 Å². The van der Waals surface area contributed by atoms with E-state index in [2.05, 4.69) is 14.9 Å². The van der Waals surface area contributed by atoms with Crippen LogP contribution in [-0.2, 0) is 17.6 Å². The maximum Gasteiger partial charge on any atom is 0.224 e. The zero-order valence-corrected chi connectivity index (χ0v) is 15.4. The summed E-state index contributed by atoms with van der Waals surface area (Å²) < 4.78 is 33.2. The number of halogens is 3. The Morgan fingerprint density at radius 3 is 2.69 bits per heavy atom. The van der Waals surface area contributed by atoms with Crippen LogP contribution >= 0.6 is 22.9 Å². The minimum Gasteiger partial charge on any atom is -0.378 e. The summed E-state index contributed by atoms with van der Waals surface area (Å²) in [5.74, 6) is -0.247. The first-order valence-electron chi connectivity index (χ1n) is 8.33. The maximum absolute atomic E-state index is 13.8. The third-order valence-corrected chi connectivity index (χ3v) is 5.69. The molecule has 0 N–H and O–H groups in total. The highest BCUT2D eigenvalue weighted by Crippen LogP contribution is 2.34. The van der Waals surface area contributed by atoms with Gasteiger partial charge >= 0.3 is 0 Å². The van der Waals surface area contributed by atoms with Crippen molar-refractivity contribution < 1.29 is 13.5 Å². The highest BCUT2D eigenvalue weighted by atomic mass is 35.5. The number of rotatable bonds is 4. The maximum atomic E-state index is 13.8. The quantitative estimate of drug-likeness (QED) is 0.619. The van der Waals surface area contributed by atoms with Gasteiger partial charge < -0.3 is 9.64 Å². The van der Waals surface area contributed by atoms with E-state index in [-0.39, 0.29) is 5.28 Å². The van der Waals surface area contributed by atoms with Crippen LogP contribution in [0.5, 0.6) is 0 Å². The molecule has 0 bridgehead atoms. The SMILES string of the molecule is Fc1ccc(CCc2cc3nc(Cl)nc(N4CCOCC4)c3s2)c(F)c1. The molecule has 2 aromatic heterocycles. The predicted molar refractivity (Wildman–Crippen MR) is 99.2 cm³/mol. The number of fused-ring (bicyclic) bond motifs is 1. The second-order valence-corrected chi connectivity index (χ2v) is 7.55. The van der Waals surface area contributed by atoms with Crippen molar-refractivity contribution in [2.45, 2.75) is 12.8 Å². The number of nitrogens with zero attached hydrogens (tertiary/aromatic N) is 3. The van der Waals surface area contributed by atoms with E-state index in [4.69, 9.17) is 16.3 Å². The average Bonchev–Trinajstić information content (AvgIpc) is 3.03. The molecule has 26 heavy (non-hydrogen) atoms. The molecule has 1 aliphatic heterocycles. The summed E-state index contributed by atoms with van der Waals surface area (Å²) in [5, 5.41) is 0.216. The van der Waals surface area contributed by atoms with E-state index in [0.717, 1.165) is 40.1 Å². The second kappa shape index (κ2) is 7.42. The molecule has 0 unspecified atom stereocenters. The van der Waals surface area contributed by atoms with Gasteiger partial charge in [-0.2, -0.15) is 4.98 Å². The van der Waals surface area contributed by atoms with Crippen molar-refractivity contribution in [3.05, 3.63) is 51.6 Å². The fraction of sp³-hybridized carbons (Fsp3) is 0.333. The van der Waals surface area contributed by atoms with Crippen LogP contribution in [0.15, 0.2) is 24.3 Å². The molecule has 1 aromatic carbocycles. The molecule has 136 valence electrons. The van der Waals surface area contributed by atoms with E-state index >= 15 is 0 Å². The van der Waals surface area contributed by atoms with Gasteiger partial charge in [-0.15, -0.1) is 11.3 Å². The molecule has 0 spiro atoms. The topological polar surface area (TPSA) is 38.2 Å². The van der Waals surface area contributed by atoms with E-state index in [1.165, 1.54) is 12.1 Å². The molecule has 3 heterocycles. The Morgan fingerprint density at radius 2 is 1.92 bits per heavy atom. The first kappa shape index (κ1) is 17.6. The molecule has 1 aliphatic rings. The third-order valence-electron chi connectivity index (χ3n) is 4.34. The Morgan fingerprint density at radius 1 is 1.12 bits per heavy atom. The van der Waals surface area contributed by atoms with Crippen molar-refractivity contribution in [3.8, 4) is 0 Å². The molecule has 0 aliphatic carbocycles. The number of thiophene rings is 1. The molecule has 0 amide bonds. The van der Waals surface area contributed by atoms with Crippen LogP contribution < -0.4 is 4.90 Å². The summed E-state index contributed by atoms with van der Waals surface area (Å²) >= 11 is 7.69. The number of hydrogen-bond donors (Lipinski definition) is 0. The van der Waals surface area contributed by atoms with Crippen molar-refractivity contribution in [2.75, 3.05) is 31.2 Å². The minimum absolute atomic E-state index is 0.216.